The van der Waals surface area contributed by atoms with Crippen LogP contribution in [0.3, 0.4) is 0 Å². The average Bonchev–Trinajstić information content (AvgIpc) is 3.21. The highest BCUT2D eigenvalue weighted by molar-refractivity contribution is 14.0. The summed E-state index contributed by atoms with van der Waals surface area (Å²) >= 11 is 0. The van der Waals surface area contributed by atoms with Crippen LogP contribution >= 0.6 is 24.0 Å². The first kappa shape index (κ1) is 27.3. The minimum atomic E-state index is 0. The van der Waals surface area contributed by atoms with E-state index in [-0.39, 0.29) is 35.9 Å². The van der Waals surface area contributed by atoms with Gasteiger partial charge in [-0.15, -0.1) is 24.0 Å². The van der Waals surface area contributed by atoms with Gasteiger partial charge in [0.25, 0.3) is 0 Å². The third-order valence-electron chi connectivity index (χ3n) is 5.47. The summed E-state index contributed by atoms with van der Waals surface area (Å²) in [6, 6.07) is 5.87. The van der Waals surface area contributed by atoms with E-state index in [9.17, 15) is 4.79 Å². The molecule has 1 aliphatic heterocycles. The molecule has 1 unspecified atom stereocenters. The molecule has 1 N–H and O–H groups in total. The van der Waals surface area contributed by atoms with Crippen molar-refractivity contribution in [2.75, 3.05) is 62.0 Å². The Morgan fingerprint density at radius 1 is 1.26 bits per heavy atom. The summed E-state index contributed by atoms with van der Waals surface area (Å²) in [4.78, 5) is 22.8. The van der Waals surface area contributed by atoms with Gasteiger partial charge in [-0.3, -0.25) is 14.7 Å². The van der Waals surface area contributed by atoms with Gasteiger partial charge in [-0.05, 0) is 37.9 Å². The molecule has 1 heterocycles. The Morgan fingerprint density at radius 3 is 2.61 bits per heavy atom. The third kappa shape index (κ3) is 7.71. The van der Waals surface area contributed by atoms with Crippen molar-refractivity contribution in [2.45, 2.75) is 31.8 Å². The molecule has 176 valence electrons. The van der Waals surface area contributed by atoms with Crippen LogP contribution in [-0.4, -0.2) is 94.7 Å². The summed E-state index contributed by atoms with van der Waals surface area (Å²) in [6.07, 6.45) is 3.00. The lowest BCUT2D eigenvalue weighted by Gasteiger charge is -2.27. The second-order valence-electron chi connectivity index (χ2n) is 7.79. The molecule has 9 heteroatoms. The lowest BCUT2D eigenvalue weighted by molar-refractivity contribution is -0.133. The fourth-order valence-corrected chi connectivity index (χ4v) is 3.85. The first-order valence-corrected chi connectivity index (χ1v) is 10.5. The van der Waals surface area contributed by atoms with E-state index >= 15 is 0 Å². The standard InChI is InChI=1S/C22H37N5O3.HI/c1-23-22(26(4)16-17-10-11-18(29-5)15-20(17)30-6)24-12-8-14-27-13-7-9-19(27)21(28)25(2)3;/h10-11,15,19H,7-9,12-14,16H2,1-6H3,(H,23,24);1H. The summed E-state index contributed by atoms with van der Waals surface area (Å²) < 4.78 is 10.8. The second-order valence-corrected chi connectivity index (χ2v) is 7.79. The largest absolute Gasteiger partial charge is 0.497 e. The van der Waals surface area contributed by atoms with Gasteiger partial charge in [0.05, 0.1) is 20.3 Å². The quantitative estimate of drug-likeness (QED) is 0.222. The minimum Gasteiger partial charge on any atom is -0.497 e. The Hall–Kier alpha value is -1.75. The molecule has 0 saturated carbocycles. The maximum absolute atomic E-state index is 12.3. The van der Waals surface area contributed by atoms with Gasteiger partial charge in [0.2, 0.25) is 5.91 Å². The Labute approximate surface area is 204 Å². The van der Waals surface area contributed by atoms with Gasteiger partial charge in [0.1, 0.15) is 11.5 Å². The number of hydrogen-bond donors (Lipinski definition) is 1. The summed E-state index contributed by atoms with van der Waals surface area (Å²) in [6.45, 7) is 3.37. The van der Waals surface area contributed by atoms with Crippen molar-refractivity contribution < 1.29 is 14.3 Å². The Balaban J connectivity index is 0.00000480. The van der Waals surface area contributed by atoms with Crippen LogP contribution in [0.2, 0.25) is 0 Å². The van der Waals surface area contributed by atoms with Gasteiger partial charge in [-0.1, -0.05) is 0 Å². The van der Waals surface area contributed by atoms with Crippen LogP contribution in [0.1, 0.15) is 24.8 Å². The number of ether oxygens (including phenoxy) is 2. The molecule has 1 amide bonds. The van der Waals surface area contributed by atoms with Crippen molar-refractivity contribution in [3.8, 4) is 11.5 Å². The van der Waals surface area contributed by atoms with Crippen molar-refractivity contribution in [2.24, 2.45) is 4.99 Å². The number of rotatable bonds is 9. The summed E-state index contributed by atoms with van der Waals surface area (Å²) in [5.41, 5.74) is 1.06. The highest BCUT2D eigenvalue weighted by Crippen LogP contribution is 2.25. The zero-order valence-corrected chi connectivity index (χ0v) is 22.0. The molecule has 2 rings (SSSR count). The van der Waals surface area contributed by atoms with Crippen LogP contribution in [0.4, 0.5) is 0 Å². The SMILES string of the molecule is CN=C(NCCCN1CCCC1C(=O)N(C)C)N(C)Cc1ccc(OC)cc1OC.I. The molecule has 0 spiro atoms. The molecule has 0 bridgehead atoms. The van der Waals surface area contributed by atoms with E-state index in [0.29, 0.717) is 6.54 Å². The van der Waals surface area contributed by atoms with E-state index < -0.39 is 0 Å². The molecule has 8 nitrogen and oxygen atoms in total. The maximum Gasteiger partial charge on any atom is 0.239 e. The Morgan fingerprint density at radius 2 is 2.00 bits per heavy atom. The zero-order chi connectivity index (χ0) is 22.1. The van der Waals surface area contributed by atoms with Gasteiger partial charge in [-0.25, -0.2) is 0 Å². The molecule has 31 heavy (non-hydrogen) atoms. The van der Waals surface area contributed by atoms with Crippen LogP contribution in [0, 0.1) is 0 Å². The van der Waals surface area contributed by atoms with Crippen LogP contribution in [0.5, 0.6) is 11.5 Å². The molecule has 1 saturated heterocycles. The van der Waals surface area contributed by atoms with Gasteiger partial charge in [-0.2, -0.15) is 0 Å². The molecule has 0 aliphatic carbocycles. The maximum atomic E-state index is 12.3. The number of guanidine groups is 1. The number of benzene rings is 1. The minimum absolute atomic E-state index is 0. The van der Waals surface area contributed by atoms with Crippen LogP contribution in [0.15, 0.2) is 23.2 Å². The van der Waals surface area contributed by atoms with Crippen molar-refractivity contribution in [3.05, 3.63) is 23.8 Å². The molecule has 0 radical (unpaired) electrons. The first-order valence-electron chi connectivity index (χ1n) is 10.5. The van der Waals surface area contributed by atoms with E-state index in [1.165, 1.54) is 0 Å². The molecular weight excluding hydrogens is 509 g/mol. The number of aliphatic imine (C=N–C) groups is 1. The van der Waals surface area contributed by atoms with Crippen molar-refractivity contribution >= 4 is 35.8 Å². The number of amides is 1. The highest BCUT2D eigenvalue weighted by Gasteiger charge is 2.31. The Kier molecular flexibility index (Phi) is 12.0. The summed E-state index contributed by atoms with van der Waals surface area (Å²) in [7, 11) is 10.8. The summed E-state index contributed by atoms with van der Waals surface area (Å²) in [5, 5.41) is 3.43. The van der Waals surface area contributed by atoms with Crippen molar-refractivity contribution in [3.63, 3.8) is 0 Å². The highest BCUT2D eigenvalue weighted by atomic mass is 127. The first-order chi connectivity index (χ1) is 14.4. The third-order valence-corrected chi connectivity index (χ3v) is 5.47. The second kappa shape index (κ2) is 13.6. The van der Waals surface area contributed by atoms with E-state index in [0.717, 1.165) is 61.9 Å². The predicted octanol–water partition coefficient (Wildman–Crippen LogP) is 2.27. The zero-order valence-electron chi connectivity index (χ0n) is 19.7. The van der Waals surface area contributed by atoms with Gasteiger partial charge >= 0.3 is 0 Å². The topological polar surface area (TPSA) is 69.6 Å². The normalized spacial score (nSPS) is 16.5. The fraction of sp³-hybridized carbons (Fsp3) is 0.636. The van der Waals surface area contributed by atoms with Crippen molar-refractivity contribution in [1.29, 1.82) is 0 Å². The number of hydrogen-bond acceptors (Lipinski definition) is 5. The van der Waals surface area contributed by atoms with E-state index in [2.05, 4.69) is 20.1 Å². The van der Waals surface area contributed by atoms with Crippen LogP contribution in [-0.2, 0) is 11.3 Å². The number of likely N-dealkylation sites (tertiary alicyclic amines) is 1. The molecule has 1 aliphatic rings. The number of nitrogens with zero attached hydrogens (tertiary/aromatic N) is 4. The average molecular weight is 547 g/mol. The van der Waals surface area contributed by atoms with Crippen LogP contribution in [0.25, 0.3) is 0 Å². The van der Waals surface area contributed by atoms with Crippen LogP contribution < -0.4 is 14.8 Å². The molecule has 0 aromatic heterocycles. The van der Waals surface area contributed by atoms with E-state index in [4.69, 9.17) is 9.47 Å². The monoisotopic (exact) mass is 547 g/mol. The van der Waals surface area contributed by atoms with Gasteiger partial charge < -0.3 is 24.6 Å². The lowest BCUT2D eigenvalue weighted by Crippen LogP contribution is -2.44. The molecule has 1 atom stereocenters. The number of carbonyl (C=O) groups excluding carboxylic acids is 1. The van der Waals surface area contributed by atoms with E-state index in [1.807, 2.05) is 39.3 Å². The smallest absolute Gasteiger partial charge is 0.239 e. The molecule has 1 aromatic rings. The number of halogens is 1. The Bertz CT molecular complexity index is 729. The molecule has 1 aromatic carbocycles. The molecule has 1 fully saturated rings. The molecular formula is C22H38IN5O3. The predicted molar refractivity (Wildman–Crippen MR) is 136 cm³/mol. The van der Waals surface area contributed by atoms with E-state index in [1.54, 1.807) is 26.2 Å². The van der Waals surface area contributed by atoms with Gasteiger partial charge in [0.15, 0.2) is 5.96 Å². The number of nitrogens with one attached hydrogen (secondary N) is 1. The summed E-state index contributed by atoms with van der Waals surface area (Å²) in [5.74, 6) is 2.61. The fourth-order valence-electron chi connectivity index (χ4n) is 3.85. The van der Waals surface area contributed by atoms with Crippen molar-refractivity contribution in [1.82, 2.24) is 20.0 Å². The number of methoxy groups -OCH3 is 2. The number of likely N-dealkylation sites (N-methyl/N-ethyl adjacent to an activating group) is 1. The lowest BCUT2D eigenvalue weighted by atomic mass is 10.2. The number of carbonyl (C=O) groups is 1. The van der Waals surface area contributed by atoms with Gasteiger partial charge in [0, 0.05) is 59.5 Å².